The molecule has 0 amide bonds. The van der Waals surface area contributed by atoms with Gasteiger partial charge in [0.2, 0.25) is 0 Å². The van der Waals surface area contributed by atoms with Crippen molar-refractivity contribution in [1.29, 1.82) is 0 Å². The van der Waals surface area contributed by atoms with E-state index in [4.69, 9.17) is 4.74 Å². The van der Waals surface area contributed by atoms with Gasteiger partial charge in [0.25, 0.3) is 0 Å². The molecule has 1 aromatic rings. The van der Waals surface area contributed by atoms with Crippen molar-refractivity contribution in [2.75, 3.05) is 32.1 Å². The van der Waals surface area contributed by atoms with Gasteiger partial charge in [-0.25, -0.2) is 0 Å². The highest BCUT2D eigenvalue weighted by atomic mass is 28.3. The van der Waals surface area contributed by atoms with Gasteiger partial charge in [-0.15, -0.1) is 0 Å². The third kappa shape index (κ3) is 5.31. The standard InChI is InChI=1S/C16H27NOSi/c1-5-15-9-11-16(12-10-15)19(14-18-8-4)13-17(6-2)7-3/h5,9-12,19H,1,6-8,13-14H2,2-4H3. The van der Waals surface area contributed by atoms with Crippen LogP contribution in [-0.2, 0) is 4.74 Å². The maximum atomic E-state index is 5.71. The van der Waals surface area contributed by atoms with Crippen molar-refractivity contribution in [2.24, 2.45) is 0 Å². The zero-order valence-corrected chi connectivity index (χ0v) is 13.7. The Balaban J connectivity index is 2.78. The van der Waals surface area contributed by atoms with Crippen LogP contribution in [0.2, 0.25) is 0 Å². The van der Waals surface area contributed by atoms with Crippen molar-refractivity contribution >= 4 is 20.1 Å². The van der Waals surface area contributed by atoms with Crippen LogP contribution < -0.4 is 5.19 Å². The number of hydrogen-bond acceptors (Lipinski definition) is 2. The third-order valence-corrected chi connectivity index (χ3v) is 6.46. The highest BCUT2D eigenvalue weighted by molar-refractivity contribution is 6.73. The molecule has 0 N–H and O–H groups in total. The van der Waals surface area contributed by atoms with E-state index >= 15 is 0 Å². The molecular formula is C16H27NOSi. The Hall–Kier alpha value is -0.903. The van der Waals surface area contributed by atoms with Crippen molar-refractivity contribution < 1.29 is 4.74 Å². The first-order valence-electron chi connectivity index (χ1n) is 7.27. The first kappa shape index (κ1) is 16.2. The molecule has 1 rings (SSSR count). The van der Waals surface area contributed by atoms with Gasteiger partial charge in [0.1, 0.15) is 8.80 Å². The summed E-state index contributed by atoms with van der Waals surface area (Å²) in [7, 11) is -1.07. The Morgan fingerprint density at radius 1 is 1.16 bits per heavy atom. The number of nitrogens with zero attached hydrogens (tertiary/aromatic N) is 1. The lowest BCUT2D eigenvalue weighted by Crippen LogP contribution is -2.46. The van der Waals surface area contributed by atoms with Gasteiger partial charge in [0.05, 0.1) is 0 Å². The van der Waals surface area contributed by atoms with Gasteiger partial charge in [-0.1, -0.05) is 56.0 Å². The van der Waals surface area contributed by atoms with E-state index in [2.05, 4.69) is 56.5 Å². The molecule has 0 bridgehead atoms. The minimum Gasteiger partial charge on any atom is -0.385 e. The number of rotatable bonds is 9. The first-order valence-corrected chi connectivity index (χ1v) is 9.48. The average Bonchev–Trinajstić information content (AvgIpc) is 2.48. The second-order valence-corrected chi connectivity index (χ2v) is 7.47. The van der Waals surface area contributed by atoms with E-state index in [-0.39, 0.29) is 0 Å². The van der Waals surface area contributed by atoms with Gasteiger partial charge < -0.3 is 9.64 Å². The zero-order valence-electron chi connectivity index (χ0n) is 12.6. The maximum absolute atomic E-state index is 5.71. The molecule has 19 heavy (non-hydrogen) atoms. The lowest BCUT2D eigenvalue weighted by Gasteiger charge is -2.24. The van der Waals surface area contributed by atoms with E-state index in [1.165, 1.54) is 16.9 Å². The van der Waals surface area contributed by atoms with Gasteiger partial charge >= 0.3 is 0 Å². The predicted octanol–water partition coefficient (Wildman–Crippen LogP) is 2.22. The summed E-state index contributed by atoms with van der Waals surface area (Å²) in [5.74, 6) is 0. The second-order valence-electron chi connectivity index (χ2n) is 4.71. The second kappa shape index (κ2) is 9.07. The van der Waals surface area contributed by atoms with Gasteiger partial charge in [0.15, 0.2) is 0 Å². The van der Waals surface area contributed by atoms with Crippen LogP contribution in [0.1, 0.15) is 26.3 Å². The van der Waals surface area contributed by atoms with Crippen LogP contribution in [0.25, 0.3) is 6.08 Å². The fourth-order valence-electron chi connectivity index (χ4n) is 2.21. The molecule has 1 unspecified atom stereocenters. The van der Waals surface area contributed by atoms with Crippen LogP contribution >= 0.6 is 0 Å². The molecule has 0 spiro atoms. The molecule has 0 heterocycles. The van der Waals surface area contributed by atoms with Crippen molar-refractivity contribution in [3.8, 4) is 0 Å². The van der Waals surface area contributed by atoms with E-state index < -0.39 is 8.80 Å². The monoisotopic (exact) mass is 277 g/mol. The van der Waals surface area contributed by atoms with Gasteiger partial charge in [-0.2, -0.15) is 0 Å². The minimum absolute atomic E-state index is 0.812. The van der Waals surface area contributed by atoms with Crippen molar-refractivity contribution in [3.05, 3.63) is 36.4 Å². The first-order chi connectivity index (χ1) is 9.24. The van der Waals surface area contributed by atoms with E-state index in [1.54, 1.807) is 0 Å². The SMILES string of the molecule is C=Cc1ccc([SiH](COCC)CN(CC)CC)cc1. The summed E-state index contributed by atoms with van der Waals surface area (Å²) in [4.78, 5) is 2.51. The summed E-state index contributed by atoms with van der Waals surface area (Å²) < 4.78 is 5.71. The molecule has 2 nitrogen and oxygen atoms in total. The van der Waals surface area contributed by atoms with Crippen molar-refractivity contribution in [2.45, 2.75) is 20.8 Å². The predicted molar refractivity (Wildman–Crippen MR) is 87.6 cm³/mol. The van der Waals surface area contributed by atoms with Crippen LogP contribution in [-0.4, -0.2) is 45.8 Å². The Bertz CT molecular complexity index is 360. The van der Waals surface area contributed by atoms with Crippen LogP contribution in [0.4, 0.5) is 0 Å². The summed E-state index contributed by atoms with van der Waals surface area (Å²) in [6.45, 7) is 13.4. The largest absolute Gasteiger partial charge is 0.385 e. The van der Waals surface area contributed by atoms with Gasteiger partial charge in [-0.3, -0.25) is 0 Å². The number of benzene rings is 1. The van der Waals surface area contributed by atoms with Crippen LogP contribution in [0.3, 0.4) is 0 Å². The zero-order chi connectivity index (χ0) is 14.1. The van der Waals surface area contributed by atoms with Crippen molar-refractivity contribution in [1.82, 2.24) is 4.90 Å². The lowest BCUT2D eigenvalue weighted by atomic mass is 10.2. The van der Waals surface area contributed by atoms with Crippen LogP contribution in [0.5, 0.6) is 0 Å². The molecule has 0 saturated carbocycles. The fraction of sp³-hybridized carbons (Fsp3) is 0.500. The van der Waals surface area contributed by atoms with Crippen molar-refractivity contribution in [3.63, 3.8) is 0 Å². The van der Waals surface area contributed by atoms with Gasteiger partial charge in [0, 0.05) is 12.8 Å². The lowest BCUT2D eigenvalue weighted by molar-refractivity contribution is 0.189. The molecule has 0 saturated heterocycles. The molecule has 0 aliphatic rings. The molecule has 3 heteroatoms. The Morgan fingerprint density at radius 3 is 2.26 bits per heavy atom. The number of hydrogen-bond donors (Lipinski definition) is 0. The maximum Gasteiger partial charge on any atom is 0.114 e. The molecule has 0 radical (unpaired) electrons. The summed E-state index contributed by atoms with van der Waals surface area (Å²) in [5.41, 5.74) is 1.19. The third-order valence-electron chi connectivity index (χ3n) is 3.54. The molecule has 0 aromatic heterocycles. The molecule has 0 fully saturated rings. The summed E-state index contributed by atoms with van der Waals surface area (Å²) in [6.07, 6.45) is 4.02. The minimum atomic E-state index is -1.07. The van der Waals surface area contributed by atoms with Gasteiger partial charge in [-0.05, 0) is 31.7 Å². The number of ether oxygens (including phenoxy) is 1. The van der Waals surface area contributed by atoms with E-state index in [9.17, 15) is 0 Å². The highest BCUT2D eigenvalue weighted by Gasteiger charge is 2.16. The van der Waals surface area contributed by atoms with Crippen LogP contribution in [0.15, 0.2) is 30.8 Å². The quantitative estimate of drug-likeness (QED) is 0.642. The molecule has 1 atom stereocenters. The van der Waals surface area contributed by atoms with E-state index in [1.807, 2.05) is 6.08 Å². The fourth-order valence-corrected chi connectivity index (χ4v) is 5.12. The Kier molecular flexibility index (Phi) is 7.71. The molecule has 0 aliphatic heterocycles. The summed E-state index contributed by atoms with van der Waals surface area (Å²) in [6, 6.07) is 8.85. The Labute approximate surface area is 119 Å². The Morgan fingerprint density at radius 2 is 1.79 bits per heavy atom. The molecule has 0 aliphatic carbocycles. The average molecular weight is 277 g/mol. The topological polar surface area (TPSA) is 12.5 Å². The normalized spacial score (nSPS) is 12.6. The van der Waals surface area contributed by atoms with Crippen LogP contribution in [0, 0.1) is 0 Å². The van der Waals surface area contributed by atoms with E-state index in [0.29, 0.717) is 0 Å². The highest BCUT2D eigenvalue weighted by Crippen LogP contribution is 2.01. The van der Waals surface area contributed by atoms with E-state index in [0.717, 1.165) is 25.9 Å². The molecular weight excluding hydrogens is 250 g/mol. The molecule has 1 aromatic carbocycles. The summed E-state index contributed by atoms with van der Waals surface area (Å²) >= 11 is 0. The smallest absolute Gasteiger partial charge is 0.114 e. The molecule has 106 valence electrons. The summed E-state index contributed by atoms with van der Waals surface area (Å²) in [5, 5.41) is 1.49.